The highest BCUT2D eigenvalue weighted by atomic mass is 32.2. The van der Waals surface area contributed by atoms with Gasteiger partial charge in [-0.1, -0.05) is 41.6 Å². The van der Waals surface area contributed by atoms with Crippen LogP contribution in [0.15, 0.2) is 29.3 Å². The molecule has 0 saturated carbocycles. The van der Waals surface area contributed by atoms with Crippen molar-refractivity contribution in [2.24, 2.45) is 4.99 Å². The number of rotatable bonds is 5. The number of hydrogen-bond donors (Lipinski definition) is 1. The van der Waals surface area contributed by atoms with E-state index in [1.165, 1.54) is 11.8 Å². The molecule has 2 amide bonds. The molecule has 8 nitrogen and oxygen atoms in total. The van der Waals surface area contributed by atoms with Crippen LogP contribution in [0.25, 0.3) is 0 Å². The van der Waals surface area contributed by atoms with Crippen LogP contribution < -0.4 is 5.32 Å². The Labute approximate surface area is 187 Å². The first-order valence-corrected chi connectivity index (χ1v) is 12.9. The third kappa shape index (κ3) is 6.70. The van der Waals surface area contributed by atoms with E-state index in [4.69, 9.17) is 4.74 Å². The zero-order chi connectivity index (χ0) is 22.8. The molecule has 2 saturated heterocycles. The molecular weight excluding hydrogens is 438 g/mol. The van der Waals surface area contributed by atoms with Crippen LogP contribution in [0.3, 0.4) is 0 Å². The summed E-state index contributed by atoms with van der Waals surface area (Å²) < 4.78 is 29.4. The van der Waals surface area contributed by atoms with Crippen molar-refractivity contribution in [3.8, 4) is 0 Å². The second-order valence-electron chi connectivity index (χ2n) is 8.88. The number of thioether (sulfide) groups is 1. The van der Waals surface area contributed by atoms with Gasteiger partial charge < -0.3 is 15.0 Å². The second-order valence-corrected chi connectivity index (χ2v) is 12.2. The molecule has 3 rings (SSSR count). The Hall–Kier alpha value is -2.07. The van der Waals surface area contributed by atoms with Crippen LogP contribution in [-0.2, 0) is 25.9 Å². The number of aryl methyl sites for hydroxylation is 1. The summed E-state index contributed by atoms with van der Waals surface area (Å²) in [5.41, 5.74) is 1.56. The van der Waals surface area contributed by atoms with Gasteiger partial charge >= 0.3 is 6.09 Å². The Morgan fingerprint density at radius 2 is 1.90 bits per heavy atom. The number of nitrogens with zero attached hydrogens (tertiary/aromatic N) is 2. The average Bonchev–Trinajstić information content (AvgIpc) is 3.07. The first kappa shape index (κ1) is 23.6. The van der Waals surface area contributed by atoms with Gasteiger partial charge in [-0.2, -0.15) is 4.99 Å². The zero-order valence-corrected chi connectivity index (χ0v) is 19.9. The summed E-state index contributed by atoms with van der Waals surface area (Å²) in [6.07, 6.45) is -0.543. The van der Waals surface area contributed by atoms with E-state index in [1.54, 1.807) is 20.8 Å². The van der Waals surface area contributed by atoms with E-state index >= 15 is 0 Å². The SMILES string of the molecule is Cc1ccc(CN2C(=NC(=O)CCNC(=O)OC(C)(C)C)S[C@H]3CS(=O)(=O)C[C@@H]32)cc1. The fourth-order valence-electron chi connectivity index (χ4n) is 3.46. The fourth-order valence-corrected chi connectivity index (χ4v) is 7.43. The summed E-state index contributed by atoms with van der Waals surface area (Å²) in [6.45, 7) is 7.91. The number of benzene rings is 1. The highest BCUT2D eigenvalue weighted by Gasteiger charge is 2.48. The van der Waals surface area contributed by atoms with Gasteiger partial charge in [0.1, 0.15) is 5.60 Å². The number of aliphatic imine (C=N–C) groups is 1. The van der Waals surface area contributed by atoms with Crippen molar-refractivity contribution in [1.82, 2.24) is 10.2 Å². The number of carbonyl (C=O) groups excluding carboxylic acids is 2. The first-order valence-electron chi connectivity index (χ1n) is 10.2. The standard InChI is InChI=1S/C21H29N3O5S2/c1-14-5-7-15(8-6-14)11-24-16-12-31(27,28)13-17(16)30-19(24)23-18(25)9-10-22-20(26)29-21(2,3)4/h5-8,16-17H,9-13H2,1-4H3,(H,22,26)/t16-,17-/m0/s1. The Morgan fingerprint density at radius 3 is 2.55 bits per heavy atom. The molecule has 0 bridgehead atoms. The van der Waals surface area contributed by atoms with Gasteiger partial charge in [0, 0.05) is 24.8 Å². The average molecular weight is 468 g/mol. The van der Waals surface area contributed by atoms with E-state index in [9.17, 15) is 18.0 Å². The normalized spacial score (nSPS) is 23.6. The highest BCUT2D eigenvalue weighted by Crippen LogP contribution is 2.39. The van der Waals surface area contributed by atoms with E-state index < -0.39 is 21.5 Å². The fraction of sp³-hybridized carbons (Fsp3) is 0.571. The molecule has 10 heteroatoms. The van der Waals surface area contributed by atoms with E-state index in [0.29, 0.717) is 11.7 Å². The Bertz CT molecular complexity index is 968. The van der Waals surface area contributed by atoms with Crippen LogP contribution in [0.5, 0.6) is 0 Å². The molecule has 1 aromatic carbocycles. The van der Waals surface area contributed by atoms with E-state index in [0.717, 1.165) is 11.1 Å². The molecule has 2 heterocycles. The number of ether oxygens (including phenoxy) is 1. The molecule has 2 atom stereocenters. The van der Waals surface area contributed by atoms with E-state index in [1.807, 2.05) is 36.1 Å². The molecule has 0 spiro atoms. The van der Waals surface area contributed by atoms with Crippen molar-refractivity contribution >= 4 is 38.8 Å². The number of amidine groups is 1. The maximum atomic E-state index is 12.4. The van der Waals surface area contributed by atoms with Crippen LogP contribution in [-0.4, -0.2) is 65.4 Å². The molecule has 31 heavy (non-hydrogen) atoms. The number of hydrogen-bond acceptors (Lipinski definition) is 6. The molecule has 0 radical (unpaired) electrons. The predicted octanol–water partition coefficient (Wildman–Crippen LogP) is 2.51. The molecular formula is C21H29N3O5S2. The van der Waals surface area contributed by atoms with Gasteiger partial charge in [-0.25, -0.2) is 13.2 Å². The van der Waals surface area contributed by atoms with Gasteiger partial charge in [0.25, 0.3) is 0 Å². The van der Waals surface area contributed by atoms with Gasteiger partial charge in [0.15, 0.2) is 15.0 Å². The van der Waals surface area contributed by atoms with Crippen molar-refractivity contribution in [2.75, 3.05) is 18.1 Å². The summed E-state index contributed by atoms with van der Waals surface area (Å²) in [4.78, 5) is 30.3. The second kappa shape index (κ2) is 9.20. The molecule has 1 aromatic rings. The van der Waals surface area contributed by atoms with Gasteiger partial charge in [-0.15, -0.1) is 0 Å². The molecule has 0 aromatic heterocycles. The Balaban J connectivity index is 1.66. The van der Waals surface area contributed by atoms with Crippen molar-refractivity contribution in [1.29, 1.82) is 0 Å². The largest absolute Gasteiger partial charge is 0.444 e. The van der Waals surface area contributed by atoms with Crippen LogP contribution >= 0.6 is 11.8 Å². The molecule has 2 aliphatic rings. The molecule has 0 unspecified atom stereocenters. The van der Waals surface area contributed by atoms with E-state index in [-0.39, 0.29) is 41.7 Å². The predicted molar refractivity (Wildman–Crippen MR) is 122 cm³/mol. The van der Waals surface area contributed by atoms with Crippen LogP contribution in [0.4, 0.5) is 4.79 Å². The maximum absolute atomic E-state index is 12.4. The minimum atomic E-state index is -3.09. The molecule has 1 N–H and O–H groups in total. The van der Waals surface area contributed by atoms with Crippen molar-refractivity contribution < 1.29 is 22.7 Å². The number of carbonyl (C=O) groups is 2. The summed E-state index contributed by atoms with van der Waals surface area (Å²) in [5, 5.41) is 2.98. The number of nitrogens with one attached hydrogen (secondary N) is 1. The number of sulfone groups is 1. The Kier molecular flexibility index (Phi) is 7.00. The summed E-state index contributed by atoms with van der Waals surface area (Å²) >= 11 is 1.35. The lowest BCUT2D eigenvalue weighted by Crippen LogP contribution is -2.37. The van der Waals surface area contributed by atoms with Gasteiger partial charge in [-0.05, 0) is 33.3 Å². The maximum Gasteiger partial charge on any atom is 0.407 e. The smallest absolute Gasteiger partial charge is 0.407 e. The molecule has 2 fully saturated rings. The molecule has 0 aliphatic carbocycles. The van der Waals surface area contributed by atoms with Crippen molar-refractivity contribution in [3.63, 3.8) is 0 Å². The molecule has 2 aliphatic heterocycles. The van der Waals surface area contributed by atoms with Crippen molar-refractivity contribution in [2.45, 2.75) is 57.6 Å². The van der Waals surface area contributed by atoms with Gasteiger partial charge in [0.05, 0.1) is 17.5 Å². The Morgan fingerprint density at radius 1 is 1.23 bits per heavy atom. The quantitative estimate of drug-likeness (QED) is 0.709. The van der Waals surface area contributed by atoms with Crippen LogP contribution in [0.2, 0.25) is 0 Å². The third-order valence-corrected chi connectivity index (χ3v) is 8.12. The lowest BCUT2D eigenvalue weighted by atomic mass is 10.1. The minimum absolute atomic E-state index is 0.0370. The summed E-state index contributed by atoms with van der Waals surface area (Å²) in [5.74, 6) is -0.195. The lowest BCUT2D eigenvalue weighted by Gasteiger charge is -2.24. The van der Waals surface area contributed by atoms with Crippen LogP contribution in [0.1, 0.15) is 38.3 Å². The summed E-state index contributed by atoms with van der Waals surface area (Å²) in [7, 11) is -3.09. The zero-order valence-electron chi connectivity index (χ0n) is 18.3. The topological polar surface area (TPSA) is 105 Å². The first-order chi connectivity index (χ1) is 14.4. The highest BCUT2D eigenvalue weighted by molar-refractivity contribution is 8.15. The number of alkyl carbamates (subject to hydrolysis) is 1. The van der Waals surface area contributed by atoms with E-state index in [2.05, 4.69) is 10.3 Å². The third-order valence-electron chi connectivity index (χ3n) is 4.88. The van der Waals surface area contributed by atoms with Crippen molar-refractivity contribution in [3.05, 3.63) is 35.4 Å². The monoisotopic (exact) mass is 467 g/mol. The number of amides is 2. The van der Waals surface area contributed by atoms with Crippen LogP contribution in [0, 0.1) is 6.92 Å². The molecule has 170 valence electrons. The summed E-state index contributed by atoms with van der Waals surface area (Å²) in [6, 6.07) is 7.82. The minimum Gasteiger partial charge on any atom is -0.444 e. The van der Waals surface area contributed by atoms with Gasteiger partial charge in [-0.3, -0.25) is 4.79 Å². The lowest BCUT2D eigenvalue weighted by molar-refractivity contribution is -0.117. The number of fused-ring (bicyclic) bond motifs is 1. The van der Waals surface area contributed by atoms with Gasteiger partial charge in [0.2, 0.25) is 5.91 Å².